The highest BCUT2D eigenvalue weighted by molar-refractivity contribution is 6.06. The molecule has 0 aliphatic rings. The average Bonchev–Trinajstić information content (AvgIpc) is 2.42. The van der Waals surface area contributed by atoms with Crippen LogP contribution in [0, 0.1) is 6.92 Å². The van der Waals surface area contributed by atoms with Crippen LogP contribution in [0.1, 0.15) is 15.9 Å². The monoisotopic (exact) mass is 292 g/mol. The van der Waals surface area contributed by atoms with Gasteiger partial charge in [0.15, 0.2) is 0 Å². The number of carbonyl (C=O) groups excluding carboxylic acids is 1. The van der Waals surface area contributed by atoms with Crippen molar-refractivity contribution in [2.75, 3.05) is 11.1 Å². The maximum Gasteiger partial charge on any atom is 0.387 e. The summed E-state index contributed by atoms with van der Waals surface area (Å²) in [5, 5.41) is 2.64. The number of halogens is 2. The SMILES string of the molecule is Cc1ccc(N)cc1NC(=O)c1ccccc1OC(F)F. The van der Waals surface area contributed by atoms with Gasteiger partial charge in [-0.3, -0.25) is 4.79 Å². The highest BCUT2D eigenvalue weighted by atomic mass is 19.3. The number of aryl methyl sites for hydroxylation is 1. The van der Waals surface area contributed by atoms with Crippen LogP contribution >= 0.6 is 0 Å². The Balaban J connectivity index is 2.26. The van der Waals surface area contributed by atoms with Gasteiger partial charge in [0, 0.05) is 11.4 Å². The van der Waals surface area contributed by atoms with Gasteiger partial charge in [-0.05, 0) is 36.8 Å². The molecule has 0 radical (unpaired) electrons. The third kappa shape index (κ3) is 3.68. The van der Waals surface area contributed by atoms with Crippen LogP contribution in [0.5, 0.6) is 5.75 Å². The van der Waals surface area contributed by atoms with Crippen LogP contribution in [-0.4, -0.2) is 12.5 Å². The van der Waals surface area contributed by atoms with E-state index in [2.05, 4.69) is 10.1 Å². The van der Waals surface area contributed by atoms with E-state index < -0.39 is 12.5 Å². The summed E-state index contributed by atoms with van der Waals surface area (Å²) in [6.45, 7) is -1.19. The first-order valence-corrected chi connectivity index (χ1v) is 6.18. The van der Waals surface area contributed by atoms with Crippen molar-refractivity contribution < 1.29 is 18.3 Å². The molecule has 21 heavy (non-hydrogen) atoms. The topological polar surface area (TPSA) is 64.3 Å². The standard InChI is InChI=1S/C15H14F2N2O2/c1-9-6-7-10(18)8-12(9)19-14(20)11-4-2-3-5-13(11)21-15(16)17/h2-8,15H,18H2,1H3,(H,19,20). The highest BCUT2D eigenvalue weighted by Gasteiger charge is 2.16. The van der Waals surface area contributed by atoms with Crippen LogP contribution in [0.2, 0.25) is 0 Å². The van der Waals surface area contributed by atoms with Crippen molar-refractivity contribution in [1.82, 2.24) is 0 Å². The molecular weight excluding hydrogens is 278 g/mol. The van der Waals surface area contributed by atoms with Gasteiger partial charge in [-0.2, -0.15) is 8.78 Å². The Hall–Kier alpha value is -2.63. The fraction of sp³-hybridized carbons (Fsp3) is 0.133. The molecule has 2 aromatic rings. The predicted octanol–water partition coefficient (Wildman–Crippen LogP) is 3.43. The summed E-state index contributed by atoms with van der Waals surface area (Å²) in [7, 11) is 0. The van der Waals surface area contributed by atoms with E-state index in [-0.39, 0.29) is 11.3 Å². The summed E-state index contributed by atoms with van der Waals surface area (Å²) in [4.78, 5) is 12.2. The van der Waals surface area contributed by atoms with Gasteiger partial charge >= 0.3 is 6.61 Å². The van der Waals surface area contributed by atoms with Crippen molar-refractivity contribution in [2.24, 2.45) is 0 Å². The Morgan fingerprint density at radius 1 is 1.24 bits per heavy atom. The van der Waals surface area contributed by atoms with Gasteiger partial charge in [-0.25, -0.2) is 0 Å². The smallest absolute Gasteiger partial charge is 0.387 e. The largest absolute Gasteiger partial charge is 0.434 e. The molecule has 1 amide bonds. The lowest BCUT2D eigenvalue weighted by atomic mass is 10.1. The maximum absolute atomic E-state index is 12.3. The number of amides is 1. The second kappa shape index (κ2) is 6.21. The fourth-order valence-electron chi connectivity index (χ4n) is 1.82. The molecule has 4 nitrogen and oxygen atoms in total. The molecule has 0 heterocycles. The lowest BCUT2D eigenvalue weighted by molar-refractivity contribution is -0.0501. The summed E-state index contributed by atoms with van der Waals surface area (Å²) in [6.07, 6.45) is 0. The molecule has 0 fully saturated rings. The molecule has 6 heteroatoms. The summed E-state index contributed by atoms with van der Waals surface area (Å²) in [5.41, 5.74) is 7.51. The Kier molecular flexibility index (Phi) is 4.37. The lowest BCUT2D eigenvalue weighted by Gasteiger charge is -2.12. The van der Waals surface area contributed by atoms with Crippen molar-refractivity contribution >= 4 is 17.3 Å². The molecule has 0 saturated heterocycles. The molecular formula is C15H14F2N2O2. The zero-order valence-corrected chi connectivity index (χ0v) is 11.3. The predicted molar refractivity (Wildman–Crippen MR) is 76.6 cm³/mol. The Bertz CT molecular complexity index is 660. The minimum absolute atomic E-state index is 0.0274. The number of nitrogen functional groups attached to an aromatic ring is 1. The van der Waals surface area contributed by atoms with Crippen LogP contribution in [-0.2, 0) is 0 Å². The third-order valence-corrected chi connectivity index (χ3v) is 2.86. The van der Waals surface area contributed by atoms with E-state index in [0.29, 0.717) is 11.4 Å². The second-order valence-electron chi connectivity index (χ2n) is 4.40. The first kappa shape index (κ1) is 14.8. The lowest BCUT2D eigenvalue weighted by Crippen LogP contribution is -2.15. The van der Waals surface area contributed by atoms with Crippen LogP contribution in [0.25, 0.3) is 0 Å². The quantitative estimate of drug-likeness (QED) is 0.848. The van der Waals surface area contributed by atoms with E-state index in [1.165, 1.54) is 18.2 Å². The summed E-state index contributed by atoms with van der Waals surface area (Å²) in [6, 6.07) is 10.9. The average molecular weight is 292 g/mol. The van der Waals surface area contributed by atoms with Gasteiger partial charge in [0.1, 0.15) is 5.75 Å². The fourth-order valence-corrected chi connectivity index (χ4v) is 1.82. The van der Waals surface area contributed by atoms with E-state index in [0.717, 1.165) is 5.56 Å². The van der Waals surface area contributed by atoms with Crippen LogP contribution < -0.4 is 15.8 Å². The number of hydrogen-bond donors (Lipinski definition) is 2. The molecule has 0 saturated carbocycles. The molecule has 2 rings (SSSR count). The molecule has 0 aliphatic carbocycles. The van der Waals surface area contributed by atoms with Gasteiger partial charge in [-0.15, -0.1) is 0 Å². The highest BCUT2D eigenvalue weighted by Crippen LogP contribution is 2.23. The molecule has 3 N–H and O–H groups in total. The van der Waals surface area contributed by atoms with E-state index in [1.54, 1.807) is 31.2 Å². The number of nitrogens with two attached hydrogens (primary N) is 1. The van der Waals surface area contributed by atoms with Gasteiger partial charge in [0.2, 0.25) is 0 Å². The molecule has 0 spiro atoms. The normalized spacial score (nSPS) is 10.5. The molecule has 0 unspecified atom stereocenters. The van der Waals surface area contributed by atoms with E-state index >= 15 is 0 Å². The molecule has 0 atom stereocenters. The van der Waals surface area contributed by atoms with Crippen molar-refractivity contribution in [1.29, 1.82) is 0 Å². The number of rotatable bonds is 4. The number of carbonyl (C=O) groups is 1. The number of para-hydroxylation sites is 1. The number of nitrogens with one attached hydrogen (secondary N) is 1. The Morgan fingerprint density at radius 3 is 2.67 bits per heavy atom. The van der Waals surface area contributed by atoms with Crippen LogP contribution in [0.3, 0.4) is 0 Å². The third-order valence-electron chi connectivity index (χ3n) is 2.86. The van der Waals surface area contributed by atoms with E-state index in [9.17, 15) is 13.6 Å². The number of ether oxygens (including phenoxy) is 1. The minimum Gasteiger partial charge on any atom is -0.434 e. The number of hydrogen-bond acceptors (Lipinski definition) is 3. The van der Waals surface area contributed by atoms with E-state index in [1.807, 2.05) is 0 Å². The van der Waals surface area contributed by atoms with Crippen molar-refractivity contribution in [3.8, 4) is 5.75 Å². The zero-order chi connectivity index (χ0) is 15.4. The second-order valence-corrected chi connectivity index (χ2v) is 4.40. The maximum atomic E-state index is 12.3. The van der Waals surface area contributed by atoms with Crippen molar-refractivity contribution in [3.05, 3.63) is 53.6 Å². The molecule has 0 bridgehead atoms. The number of anilines is 2. The van der Waals surface area contributed by atoms with Gasteiger partial charge in [-0.1, -0.05) is 18.2 Å². The first-order chi connectivity index (χ1) is 9.97. The molecule has 0 aromatic heterocycles. The van der Waals surface area contributed by atoms with E-state index in [4.69, 9.17) is 5.73 Å². The zero-order valence-electron chi connectivity index (χ0n) is 11.3. The minimum atomic E-state index is -2.99. The van der Waals surface area contributed by atoms with Crippen molar-refractivity contribution in [2.45, 2.75) is 13.5 Å². The van der Waals surface area contributed by atoms with Crippen LogP contribution in [0.15, 0.2) is 42.5 Å². The number of benzene rings is 2. The summed E-state index contributed by atoms with van der Waals surface area (Å²) >= 11 is 0. The van der Waals surface area contributed by atoms with Crippen molar-refractivity contribution in [3.63, 3.8) is 0 Å². The number of alkyl halides is 2. The Morgan fingerprint density at radius 2 is 1.95 bits per heavy atom. The summed E-state index contributed by atoms with van der Waals surface area (Å²) in [5.74, 6) is -0.716. The first-order valence-electron chi connectivity index (χ1n) is 6.18. The Labute approximate surface area is 120 Å². The summed E-state index contributed by atoms with van der Waals surface area (Å²) < 4.78 is 29.0. The molecule has 110 valence electrons. The van der Waals surface area contributed by atoms with Gasteiger partial charge < -0.3 is 15.8 Å². The molecule has 0 aliphatic heterocycles. The van der Waals surface area contributed by atoms with Gasteiger partial charge in [0.25, 0.3) is 5.91 Å². The van der Waals surface area contributed by atoms with Crippen LogP contribution in [0.4, 0.5) is 20.2 Å². The van der Waals surface area contributed by atoms with Gasteiger partial charge in [0.05, 0.1) is 5.56 Å². The molecule has 2 aromatic carbocycles.